The summed E-state index contributed by atoms with van der Waals surface area (Å²) in [4.78, 5) is 12.4. The summed E-state index contributed by atoms with van der Waals surface area (Å²) in [5, 5.41) is 6.92. The van der Waals surface area contributed by atoms with Crippen molar-refractivity contribution in [2.45, 2.75) is 13.0 Å². The third-order valence-electron chi connectivity index (χ3n) is 3.60. The summed E-state index contributed by atoms with van der Waals surface area (Å²) in [7, 11) is 0. The smallest absolute Gasteiger partial charge is 0.252 e. The zero-order valence-corrected chi connectivity index (χ0v) is 13.1. The van der Waals surface area contributed by atoms with Gasteiger partial charge in [-0.25, -0.2) is 0 Å². The van der Waals surface area contributed by atoms with Gasteiger partial charge in [0.1, 0.15) is 0 Å². The Morgan fingerprint density at radius 2 is 1.64 bits per heavy atom. The summed E-state index contributed by atoms with van der Waals surface area (Å²) in [6.07, 6.45) is 0. The van der Waals surface area contributed by atoms with Crippen LogP contribution in [0, 0.1) is 6.92 Å². The minimum absolute atomic E-state index is 0.0457. The Labute approximate surface area is 134 Å². The zero-order valence-electron chi connectivity index (χ0n) is 12.3. The number of aryl methyl sites for hydroxylation is 1. The molecule has 0 radical (unpaired) electrons. The van der Waals surface area contributed by atoms with Crippen LogP contribution in [0.2, 0.25) is 0 Å². The molecule has 2 aromatic carbocycles. The van der Waals surface area contributed by atoms with Crippen LogP contribution in [0.15, 0.2) is 71.4 Å². The summed E-state index contributed by atoms with van der Waals surface area (Å²) in [5.41, 5.74) is 4.08. The molecule has 22 heavy (non-hydrogen) atoms. The number of carbonyl (C=O) groups is 1. The molecule has 0 aliphatic heterocycles. The summed E-state index contributed by atoms with van der Waals surface area (Å²) in [6, 6.07) is 20.0. The molecule has 3 aromatic rings. The van der Waals surface area contributed by atoms with E-state index in [1.54, 1.807) is 0 Å². The Morgan fingerprint density at radius 3 is 2.27 bits per heavy atom. The van der Waals surface area contributed by atoms with Gasteiger partial charge in [-0.15, -0.1) is 0 Å². The summed E-state index contributed by atoms with van der Waals surface area (Å²) in [5.74, 6) is -0.0457. The SMILES string of the molecule is Cc1ccc(C(NC(=O)c2ccsc2)c2ccccc2)cc1. The van der Waals surface area contributed by atoms with Crippen molar-refractivity contribution < 1.29 is 4.79 Å². The van der Waals surface area contributed by atoms with Gasteiger partial charge in [0.05, 0.1) is 11.6 Å². The maximum absolute atomic E-state index is 12.4. The molecule has 1 atom stereocenters. The van der Waals surface area contributed by atoms with Crippen LogP contribution in [0.25, 0.3) is 0 Å². The van der Waals surface area contributed by atoms with Crippen LogP contribution >= 0.6 is 11.3 Å². The summed E-state index contributed by atoms with van der Waals surface area (Å²) in [6.45, 7) is 2.06. The monoisotopic (exact) mass is 307 g/mol. The van der Waals surface area contributed by atoms with E-state index >= 15 is 0 Å². The third kappa shape index (κ3) is 3.26. The molecule has 0 bridgehead atoms. The van der Waals surface area contributed by atoms with Crippen LogP contribution in [-0.2, 0) is 0 Å². The lowest BCUT2D eigenvalue weighted by atomic mass is 9.97. The number of benzene rings is 2. The van der Waals surface area contributed by atoms with Crippen LogP contribution in [0.3, 0.4) is 0 Å². The van der Waals surface area contributed by atoms with Gasteiger partial charge in [0.2, 0.25) is 0 Å². The Morgan fingerprint density at radius 1 is 0.955 bits per heavy atom. The molecule has 0 aliphatic rings. The van der Waals surface area contributed by atoms with E-state index in [1.807, 2.05) is 47.2 Å². The maximum Gasteiger partial charge on any atom is 0.252 e. The molecule has 3 rings (SSSR count). The van der Waals surface area contributed by atoms with Gasteiger partial charge < -0.3 is 5.32 Å². The Hall–Kier alpha value is -2.39. The first-order chi connectivity index (χ1) is 10.7. The quantitative estimate of drug-likeness (QED) is 0.751. The summed E-state index contributed by atoms with van der Waals surface area (Å²) >= 11 is 1.53. The van der Waals surface area contributed by atoms with Gasteiger partial charge in [-0.05, 0) is 29.5 Å². The number of thiophene rings is 1. The lowest BCUT2D eigenvalue weighted by molar-refractivity contribution is 0.0943. The van der Waals surface area contributed by atoms with Crippen molar-refractivity contribution in [1.29, 1.82) is 0 Å². The van der Waals surface area contributed by atoms with E-state index in [9.17, 15) is 4.79 Å². The fourth-order valence-electron chi connectivity index (χ4n) is 2.37. The highest BCUT2D eigenvalue weighted by Crippen LogP contribution is 2.23. The molecule has 1 amide bonds. The predicted octanol–water partition coefficient (Wildman–Crippen LogP) is 4.58. The van der Waals surface area contributed by atoms with Crippen LogP contribution in [0.5, 0.6) is 0 Å². The lowest BCUT2D eigenvalue weighted by Crippen LogP contribution is -2.29. The minimum Gasteiger partial charge on any atom is -0.341 e. The van der Waals surface area contributed by atoms with Gasteiger partial charge in [0, 0.05) is 5.38 Å². The average Bonchev–Trinajstić information content (AvgIpc) is 3.09. The fourth-order valence-corrected chi connectivity index (χ4v) is 3.01. The van der Waals surface area contributed by atoms with Gasteiger partial charge in [-0.2, -0.15) is 11.3 Å². The lowest BCUT2D eigenvalue weighted by Gasteiger charge is -2.20. The van der Waals surface area contributed by atoms with Gasteiger partial charge in [-0.1, -0.05) is 60.2 Å². The first-order valence-electron chi connectivity index (χ1n) is 7.18. The number of carbonyl (C=O) groups excluding carboxylic acids is 1. The second kappa shape index (κ2) is 6.58. The van der Waals surface area contributed by atoms with Gasteiger partial charge >= 0.3 is 0 Å². The Balaban J connectivity index is 1.93. The van der Waals surface area contributed by atoms with Crippen LogP contribution in [0.4, 0.5) is 0 Å². The molecule has 0 aliphatic carbocycles. The Bertz CT molecular complexity index is 733. The van der Waals surface area contributed by atoms with Gasteiger partial charge in [0.25, 0.3) is 5.91 Å². The third-order valence-corrected chi connectivity index (χ3v) is 4.29. The molecule has 1 N–H and O–H groups in total. The first-order valence-corrected chi connectivity index (χ1v) is 8.13. The second-order valence-corrected chi connectivity index (χ2v) is 6.02. The van der Waals surface area contributed by atoms with Gasteiger partial charge in [0.15, 0.2) is 0 Å². The van der Waals surface area contributed by atoms with Crippen molar-refractivity contribution in [2.75, 3.05) is 0 Å². The van der Waals surface area contributed by atoms with E-state index in [4.69, 9.17) is 0 Å². The van der Waals surface area contributed by atoms with Crippen LogP contribution < -0.4 is 5.32 Å². The fraction of sp³-hybridized carbons (Fsp3) is 0.105. The largest absolute Gasteiger partial charge is 0.341 e. The number of amides is 1. The highest BCUT2D eigenvalue weighted by molar-refractivity contribution is 7.08. The topological polar surface area (TPSA) is 29.1 Å². The molecule has 110 valence electrons. The molecule has 0 spiro atoms. The molecule has 2 nitrogen and oxygen atoms in total. The molecule has 0 saturated carbocycles. The number of nitrogens with one attached hydrogen (secondary N) is 1. The molecular formula is C19H17NOS. The Kier molecular flexibility index (Phi) is 4.35. The number of rotatable bonds is 4. The predicted molar refractivity (Wildman–Crippen MR) is 91.2 cm³/mol. The molecule has 1 aromatic heterocycles. The molecule has 3 heteroatoms. The van der Waals surface area contributed by atoms with E-state index < -0.39 is 0 Å². The highest BCUT2D eigenvalue weighted by atomic mass is 32.1. The van der Waals surface area contributed by atoms with Crippen molar-refractivity contribution in [3.63, 3.8) is 0 Å². The van der Waals surface area contributed by atoms with Crippen molar-refractivity contribution in [3.05, 3.63) is 93.7 Å². The number of hydrogen-bond acceptors (Lipinski definition) is 2. The minimum atomic E-state index is -0.144. The first kappa shape index (κ1) is 14.5. The van der Waals surface area contributed by atoms with E-state index in [2.05, 4.69) is 36.5 Å². The van der Waals surface area contributed by atoms with Crippen molar-refractivity contribution in [1.82, 2.24) is 5.32 Å². The van der Waals surface area contributed by atoms with E-state index in [0.29, 0.717) is 5.56 Å². The normalized spacial score (nSPS) is 11.9. The van der Waals surface area contributed by atoms with E-state index in [0.717, 1.165) is 11.1 Å². The second-order valence-electron chi connectivity index (χ2n) is 5.24. The van der Waals surface area contributed by atoms with Crippen molar-refractivity contribution >= 4 is 17.2 Å². The highest BCUT2D eigenvalue weighted by Gasteiger charge is 2.17. The average molecular weight is 307 g/mol. The van der Waals surface area contributed by atoms with Crippen LogP contribution in [-0.4, -0.2) is 5.91 Å². The van der Waals surface area contributed by atoms with Crippen molar-refractivity contribution in [2.24, 2.45) is 0 Å². The molecular weight excluding hydrogens is 290 g/mol. The van der Waals surface area contributed by atoms with Crippen LogP contribution in [0.1, 0.15) is 33.1 Å². The molecule has 0 saturated heterocycles. The van der Waals surface area contributed by atoms with E-state index in [1.165, 1.54) is 16.9 Å². The van der Waals surface area contributed by atoms with Crippen molar-refractivity contribution in [3.8, 4) is 0 Å². The zero-order chi connectivity index (χ0) is 15.4. The van der Waals surface area contributed by atoms with Gasteiger partial charge in [-0.3, -0.25) is 4.79 Å². The standard InChI is InChI=1S/C19H17NOS/c1-14-7-9-16(10-8-14)18(15-5-3-2-4-6-15)20-19(21)17-11-12-22-13-17/h2-13,18H,1H3,(H,20,21). The van der Waals surface area contributed by atoms with E-state index in [-0.39, 0.29) is 11.9 Å². The molecule has 1 unspecified atom stereocenters. The number of hydrogen-bond donors (Lipinski definition) is 1. The summed E-state index contributed by atoms with van der Waals surface area (Å²) < 4.78 is 0. The molecule has 1 heterocycles. The molecule has 0 fully saturated rings. The maximum atomic E-state index is 12.4.